The van der Waals surface area contributed by atoms with E-state index in [1.54, 1.807) is 17.4 Å². The smallest absolute Gasteiger partial charge is 0.0438 e. The van der Waals surface area contributed by atoms with Crippen LogP contribution in [0.15, 0.2) is 53.2 Å². The first-order valence-electron chi connectivity index (χ1n) is 7.26. The fourth-order valence-corrected chi connectivity index (χ4v) is 3.76. The lowest BCUT2D eigenvalue weighted by Gasteiger charge is -2.15. The van der Waals surface area contributed by atoms with Gasteiger partial charge in [0.2, 0.25) is 0 Å². The molecule has 0 radical (unpaired) electrons. The van der Waals surface area contributed by atoms with E-state index in [4.69, 9.17) is 28.8 Å². The van der Waals surface area contributed by atoms with E-state index in [0.29, 0.717) is 17.8 Å². The molecule has 3 rings (SSSR count). The van der Waals surface area contributed by atoms with E-state index in [-0.39, 0.29) is 6.04 Å². The molecule has 0 amide bonds. The molecule has 3 aromatic rings. The summed E-state index contributed by atoms with van der Waals surface area (Å²) in [7, 11) is 0. The van der Waals surface area contributed by atoms with Crippen molar-refractivity contribution < 1.29 is 0 Å². The van der Waals surface area contributed by atoms with Crippen molar-refractivity contribution in [1.82, 2.24) is 0 Å². The maximum atomic E-state index is 6.44. The Morgan fingerprint density at radius 2 is 1.78 bits per heavy atom. The predicted octanol–water partition coefficient (Wildman–Crippen LogP) is 4.48. The van der Waals surface area contributed by atoms with Crippen LogP contribution in [0.5, 0.6) is 0 Å². The van der Waals surface area contributed by atoms with Crippen LogP contribution < -0.4 is 17.2 Å². The molecule has 6 N–H and O–H groups in total. The van der Waals surface area contributed by atoms with Gasteiger partial charge in [-0.3, -0.25) is 0 Å². The normalized spacial score (nSPS) is 12.3. The summed E-state index contributed by atoms with van der Waals surface area (Å²) in [5.74, 6) is 0. The Hall–Kier alpha value is -2.01. The van der Waals surface area contributed by atoms with Crippen molar-refractivity contribution >= 4 is 34.3 Å². The minimum absolute atomic E-state index is 0.156. The fourth-order valence-electron chi connectivity index (χ4n) is 2.63. The molecular weight excluding hydrogens is 326 g/mol. The van der Waals surface area contributed by atoms with Crippen LogP contribution in [-0.2, 0) is 6.42 Å². The monoisotopic (exact) mass is 343 g/mol. The first kappa shape index (κ1) is 15.9. The van der Waals surface area contributed by atoms with Gasteiger partial charge >= 0.3 is 0 Å². The first-order chi connectivity index (χ1) is 11.1. The van der Waals surface area contributed by atoms with Crippen LogP contribution in [-0.4, -0.2) is 0 Å². The molecule has 0 aliphatic heterocycles. The quantitative estimate of drug-likeness (QED) is 0.611. The molecule has 2 aromatic carbocycles. The summed E-state index contributed by atoms with van der Waals surface area (Å²) < 4.78 is 0. The predicted molar refractivity (Wildman–Crippen MR) is 101 cm³/mol. The number of nitrogen functional groups attached to an aromatic ring is 2. The second-order valence-corrected chi connectivity index (χ2v) is 6.64. The van der Waals surface area contributed by atoms with Crippen LogP contribution in [0.1, 0.15) is 17.2 Å². The van der Waals surface area contributed by atoms with Crippen molar-refractivity contribution in [3.8, 4) is 11.1 Å². The van der Waals surface area contributed by atoms with Gasteiger partial charge in [-0.1, -0.05) is 29.8 Å². The zero-order valence-electron chi connectivity index (χ0n) is 12.5. The van der Waals surface area contributed by atoms with Crippen LogP contribution in [0.3, 0.4) is 0 Å². The molecule has 0 saturated carbocycles. The van der Waals surface area contributed by atoms with E-state index in [2.05, 4.69) is 10.8 Å². The third-order valence-electron chi connectivity index (χ3n) is 3.86. The van der Waals surface area contributed by atoms with E-state index >= 15 is 0 Å². The SMILES string of the molecule is Nc1ccc(N)c(-c2cscc2C(N)Cc2ccccc2Cl)c1. The molecular formula is C18H18ClN3S. The third kappa shape index (κ3) is 3.34. The van der Waals surface area contributed by atoms with Gasteiger partial charge in [0, 0.05) is 28.0 Å². The Bertz CT molecular complexity index is 829. The summed E-state index contributed by atoms with van der Waals surface area (Å²) in [6, 6.07) is 13.1. The maximum Gasteiger partial charge on any atom is 0.0438 e. The topological polar surface area (TPSA) is 78.1 Å². The summed E-state index contributed by atoms with van der Waals surface area (Å²) in [6.45, 7) is 0. The van der Waals surface area contributed by atoms with E-state index in [0.717, 1.165) is 27.3 Å². The van der Waals surface area contributed by atoms with Crippen LogP contribution in [0.2, 0.25) is 5.02 Å². The highest BCUT2D eigenvalue weighted by molar-refractivity contribution is 7.08. The van der Waals surface area contributed by atoms with Crippen LogP contribution in [0.4, 0.5) is 11.4 Å². The lowest BCUT2D eigenvalue weighted by atomic mass is 9.94. The highest BCUT2D eigenvalue weighted by atomic mass is 35.5. The summed E-state index contributed by atoms with van der Waals surface area (Å²) in [6.07, 6.45) is 0.672. The molecule has 1 unspecified atom stereocenters. The molecule has 23 heavy (non-hydrogen) atoms. The number of rotatable bonds is 4. The van der Waals surface area contributed by atoms with Gasteiger partial charge in [-0.05, 0) is 58.1 Å². The van der Waals surface area contributed by atoms with Crippen LogP contribution in [0, 0.1) is 0 Å². The average Bonchev–Trinajstić information content (AvgIpc) is 3.01. The van der Waals surface area contributed by atoms with Gasteiger partial charge in [0.05, 0.1) is 0 Å². The minimum Gasteiger partial charge on any atom is -0.399 e. The highest BCUT2D eigenvalue weighted by Gasteiger charge is 2.17. The number of benzene rings is 2. The first-order valence-corrected chi connectivity index (χ1v) is 8.59. The van der Waals surface area contributed by atoms with Crippen molar-refractivity contribution in [3.05, 3.63) is 69.4 Å². The summed E-state index contributed by atoms with van der Waals surface area (Å²) in [4.78, 5) is 0. The van der Waals surface area contributed by atoms with Crippen molar-refractivity contribution in [2.24, 2.45) is 5.73 Å². The van der Waals surface area contributed by atoms with Gasteiger partial charge in [-0.25, -0.2) is 0 Å². The lowest BCUT2D eigenvalue weighted by molar-refractivity contribution is 0.727. The number of nitrogens with two attached hydrogens (primary N) is 3. The molecule has 0 aliphatic carbocycles. The number of anilines is 2. The molecule has 0 fully saturated rings. The highest BCUT2D eigenvalue weighted by Crippen LogP contribution is 2.36. The molecule has 1 atom stereocenters. The molecule has 0 saturated heterocycles. The molecule has 1 heterocycles. The lowest BCUT2D eigenvalue weighted by Crippen LogP contribution is -2.14. The summed E-state index contributed by atoms with van der Waals surface area (Å²) >= 11 is 7.85. The number of halogens is 1. The average molecular weight is 344 g/mol. The van der Waals surface area contributed by atoms with Gasteiger partial charge in [-0.15, -0.1) is 0 Å². The van der Waals surface area contributed by atoms with Gasteiger partial charge in [0.15, 0.2) is 0 Å². The third-order valence-corrected chi connectivity index (χ3v) is 4.99. The largest absolute Gasteiger partial charge is 0.399 e. The Morgan fingerprint density at radius 3 is 2.57 bits per heavy atom. The van der Waals surface area contributed by atoms with Gasteiger partial charge in [0.1, 0.15) is 0 Å². The molecule has 1 aromatic heterocycles. The standard InChI is InChI=1S/C18H18ClN3S/c19-16-4-2-1-3-11(16)7-18(22)15-10-23-9-14(15)13-8-12(20)5-6-17(13)21/h1-6,8-10,18H,7,20-22H2. The van der Waals surface area contributed by atoms with E-state index < -0.39 is 0 Å². The van der Waals surface area contributed by atoms with Crippen LogP contribution >= 0.6 is 22.9 Å². The van der Waals surface area contributed by atoms with Crippen LogP contribution in [0.25, 0.3) is 11.1 Å². The Kier molecular flexibility index (Phi) is 4.57. The maximum absolute atomic E-state index is 6.44. The zero-order valence-corrected chi connectivity index (χ0v) is 14.1. The minimum atomic E-state index is -0.156. The molecule has 118 valence electrons. The Labute approximate surface area is 144 Å². The second kappa shape index (κ2) is 6.62. The van der Waals surface area contributed by atoms with Crippen molar-refractivity contribution in [2.45, 2.75) is 12.5 Å². The van der Waals surface area contributed by atoms with E-state index in [1.165, 1.54) is 0 Å². The van der Waals surface area contributed by atoms with Gasteiger partial charge in [0.25, 0.3) is 0 Å². The summed E-state index contributed by atoms with van der Waals surface area (Å²) in [5, 5.41) is 4.87. The van der Waals surface area contributed by atoms with Gasteiger partial charge < -0.3 is 17.2 Å². The second-order valence-electron chi connectivity index (χ2n) is 5.49. The molecule has 0 spiro atoms. The molecule has 0 bridgehead atoms. The summed E-state index contributed by atoms with van der Waals surface area (Å²) in [5.41, 5.74) is 23.9. The number of hydrogen-bond donors (Lipinski definition) is 3. The Balaban J connectivity index is 1.94. The van der Waals surface area contributed by atoms with Crippen molar-refractivity contribution in [2.75, 3.05) is 11.5 Å². The zero-order chi connectivity index (χ0) is 16.4. The fraction of sp³-hybridized carbons (Fsp3) is 0.111. The molecule has 0 aliphatic rings. The number of hydrogen-bond acceptors (Lipinski definition) is 4. The number of thiophene rings is 1. The van der Waals surface area contributed by atoms with Crippen molar-refractivity contribution in [1.29, 1.82) is 0 Å². The Morgan fingerprint density at radius 1 is 1.00 bits per heavy atom. The van der Waals surface area contributed by atoms with E-state index in [9.17, 15) is 0 Å². The van der Waals surface area contributed by atoms with Crippen molar-refractivity contribution in [3.63, 3.8) is 0 Å². The van der Waals surface area contributed by atoms with E-state index in [1.807, 2.05) is 36.4 Å². The molecule has 5 heteroatoms. The van der Waals surface area contributed by atoms with Gasteiger partial charge in [-0.2, -0.15) is 11.3 Å². The molecule has 3 nitrogen and oxygen atoms in total.